The zero-order valence-electron chi connectivity index (χ0n) is 10.5. The molecule has 0 aliphatic carbocycles. The fraction of sp³-hybridized carbons (Fsp3) is 0.0714. The highest BCUT2D eigenvalue weighted by Crippen LogP contribution is 2.37. The van der Waals surface area contributed by atoms with Gasteiger partial charge < -0.3 is 4.74 Å². The smallest absolute Gasteiger partial charge is 0.312 e. The second-order valence-electron chi connectivity index (χ2n) is 4.07. The Bertz CT molecular complexity index is 723. The largest absolute Gasteiger partial charge is 0.450 e. The van der Waals surface area contributed by atoms with Gasteiger partial charge in [-0.15, -0.1) is 0 Å². The molecule has 2 aromatic rings. The minimum Gasteiger partial charge on any atom is -0.450 e. The third-order valence-corrected chi connectivity index (χ3v) is 3.06. The van der Waals surface area contributed by atoms with Crippen molar-refractivity contribution >= 4 is 21.6 Å². The zero-order valence-corrected chi connectivity index (χ0v) is 12.0. The molecule has 0 saturated carbocycles. The highest BCUT2D eigenvalue weighted by molar-refractivity contribution is 9.10. The molecule has 0 atom stereocenters. The number of rotatable bonds is 3. The maximum atomic E-state index is 11.1. The third kappa shape index (κ3) is 2.95. The fourth-order valence-electron chi connectivity index (χ4n) is 1.73. The topological polar surface area (TPSA) is 76.2 Å². The predicted octanol–water partition coefficient (Wildman–Crippen LogP) is 4.33. The number of nitriles is 1. The van der Waals surface area contributed by atoms with Crippen LogP contribution < -0.4 is 4.74 Å². The van der Waals surface area contributed by atoms with E-state index in [2.05, 4.69) is 15.9 Å². The summed E-state index contributed by atoms with van der Waals surface area (Å²) in [6.45, 7) is 1.72. The van der Waals surface area contributed by atoms with Gasteiger partial charge in [0.15, 0.2) is 0 Å². The summed E-state index contributed by atoms with van der Waals surface area (Å²) in [4.78, 5) is 10.6. The van der Waals surface area contributed by atoms with Crippen molar-refractivity contribution in [3.63, 3.8) is 0 Å². The minimum atomic E-state index is -0.499. The highest BCUT2D eigenvalue weighted by Gasteiger charge is 2.19. The van der Waals surface area contributed by atoms with E-state index < -0.39 is 4.92 Å². The SMILES string of the molecule is Cc1cc(Br)cc([N+](=O)[O-])c1Oc1cccc(C#N)c1. The molecule has 0 aliphatic heterocycles. The van der Waals surface area contributed by atoms with Crippen LogP contribution in [0.15, 0.2) is 40.9 Å². The number of nitro benzene ring substituents is 1. The Balaban J connectivity index is 2.48. The van der Waals surface area contributed by atoms with Gasteiger partial charge in [-0.2, -0.15) is 5.26 Å². The fourth-order valence-corrected chi connectivity index (χ4v) is 2.29. The summed E-state index contributed by atoms with van der Waals surface area (Å²) < 4.78 is 6.20. The molecule has 0 N–H and O–H groups in total. The van der Waals surface area contributed by atoms with Crippen LogP contribution in [0.5, 0.6) is 11.5 Å². The van der Waals surface area contributed by atoms with E-state index in [1.54, 1.807) is 31.2 Å². The Morgan fingerprint density at radius 1 is 1.35 bits per heavy atom. The van der Waals surface area contributed by atoms with Crippen molar-refractivity contribution in [1.82, 2.24) is 0 Å². The molecule has 0 aromatic heterocycles. The first kappa shape index (κ1) is 14.0. The molecule has 6 heteroatoms. The molecule has 2 aromatic carbocycles. The Hall–Kier alpha value is -2.39. The predicted molar refractivity (Wildman–Crippen MR) is 76.8 cm³/mol. The lowest BCUT2D eigenvalue weighted by atomic mass is 10.2. The first-order chi connectivity index (χ1) is 9.51. The van der Waals surface area contributed by atoms with E-state index >= 15 is 0 Å². The van der Waals surface area contributed by atoms with E-state index in [1.807, 2.05) is 6.07 Å². The van der Waals surface area contributed by atoms with Crippen molar-refractivity contribution in [1.29, 1.82) is 5.26 Å². The quantitative estimate of drug-likeness (QED) is 0.619. The van der Waals surface area contributed by atoms with Gasteiger partial charge in [-0.1, -0.05) is 22.0 Å². The summed E-state index contributed by atoms with van der Waals surface area (Å²) in [5.41, 5.74) is 0.938. The lowest BCUT2D eigenvalue weighted by molar-refractivity contribution is -0.385. The van der Waals surface area contributed by atoms with Crippen LogP contribution in [0, 0.1) is 28.4 Å². The number of nitrogens with zero attached hydrogens (tertiary/aromatic N) is 2. The van der Waals surface area contributed by atoms with Gasteiger partial charge in [0, 0.05) is 10.5 Å². The molecule has 0 spiro atoms. The van der Waals surface area contributed by atoms with Crippen LogP contribution >= 0.6 is 15.9 Å². The van der Waals surface area contributed by atoms with Gasteiger partial charge in [0.1, 0.15) is 5.75 Å². The summed E-state index contributed by atoms with van der Waals surface area (Å²) in [5, 5.41) is 19.9. The third-order valence-electron chi connectivity index (χ3n) is 2.60. The summed E-state index contributed by atoms with van der Waals surface area (Å²) in [6.07, 6.45) is 0. The van der Waals surface area contributed by atoms with E-state index in [1.165, 1.54) is 12.1 Å². The molecule has 0 aliphatic rings. The number of hydrogen-bond donors (Lipinski definition) is 0. The van der Waals surface area contributed by atoms with E-state index in [0.717, 1.165) is 0 Å². The van der Waals surface area contributed by atoms with E-state index in [4.69, 9.17) is 10.00 Å². The molecule has 2 rings (SSSR count). The summed E-state index contributed by atoms with van der Waals surface area (Å²) >= 11 is 3.22. The molecule has 0 fully saturated rings. The lowest BCUT2D eigenvalue weighted by Crippen LogP contribution is -1.96. The second-order valence-corrected chi connectivity index (χ2v) is 4.99. The van der Waals surface area contributed by atoms with Crippen molar-refractivity contribution in [2.75, 3.05) is 0 Å². The van der Waals surface area contributed by atoms with Gasteiger partial charge in [0.2, 0.25) is 5.75 Å². The number of halogens is 1. The Morgan fingerprint density at radius 2 is 2.10 bits per heavy atom. The molecular formula is C14H9BrN2O3. The zero-order chi connectivity index (χ0) is 14.7. The molecule has 0 amide bonds. The van der Waals surface area contributed by atoms with Crippen molar-refractivity contribution in [2.24, 2.45) is 0 Å². The molecule has 20 heavy (non-hydrogen) atoms. The molecule has 0 unspecified atom stereocenters. The van der Waals surface area contributed by atoms with Crippen molar-refractivity contribution in [3.05, 3.63) is 62.1 Å². The highest BCUT2D eigenvalue weighted by atomic mass is 79.9. The minimum absolute atomic E-state index is 0.126. The molecular weight excluding hydrogens is 324 g/mol. The van der Waals surface area contributed by atoms with Crippen molar-refractivity contribution in [3.8, 4) is 17.6 Å². The number of nitro groups is 1. The maximum absolute atomic E-state index is 11.1. The molecule has 100 valence electrons. The van der Waals surface area contributed by atoms with Gasteiger partial charge in [0.05, 0.1) is 16.6 Å². The lowest BCUT2D eigenvalue weighted by Gasteiger charge is -2.09. The van der Waals surface area contributed by atoms with Crippen molar-refractivity contribution < 1.29 is 9.66 Å². The number of ether oxygens (including phenoxy) is 1. The van der Waals surface area contributed by atoms with E-state index in [-0.39, 0.29) is 11.4 Å². The van der Waals surface area contributed by atoms with Crippen molar-refractivity contribution in [2.45, 2.75) is 6.92 Å². The Morgan fingerprint density at radius 3 is 2.75 bits per heavy atom. The van der Waals surface area contributed by atoms with Gasteiger partial charge in [-0.25, -0.2) is 0 Å². The molecule has 5 nitrogen and oxygen atoms in total. The van der Waals surface area contributed by atoms with Crippen LogP contribution in [0.1, 0.15) is 11.1 Å². The van der Waals surface area contributed by atoms with Crippen LogP contribution in [0.4, 0.5) is 5.69 Å². The average molecular weight is 333 g/mol. The molecule has 0 bridgehead atoms. The number of benzene rings is 2. The van der Waals surface area contributed by atoms with Crippen LogP contribution in [0.3, 0.4) is 0 Å². The second kappa shape index (κ2) is 5.72. The van der Waals surface area contributed by atoms with Gasteiger partial charge >= 0.3 is 5.69 Å². The van der Waals surface area contributed by atoms with Crippen LogP contribution in [-0.2, 0) is 0 Å². The van der Waals surface area contributed by atoms with Gasteiger partial charge in [-0.3, -0.25) is 10.1 Å². The Kier molecular flexibility index (Phi) is 4.01. The molecule has 0 saturated heterocycles. The summed E-state index contributed by atoms with van der Waals surface area (Å²) in [7, 11) is 0. The molecule has 0 radical (unpaired) electrons. The number of aryl methyl sites for hydroxylation is 1. The monoisotopic (exact) mass is 332 g/mol. The van der Waals surface area contributed by atoms with Gasteiger partial charge in [-0.05, 0) is 36.8 Å². The first-order valence-electron chi connectivity index (χ1n) is 5.64. The maximum Gasteiger partial charge on any atom is 0.312 e. The first-order valence-corrected chi connectivity index (χ1v) is 6.43. The van der Waals surface area contributed by atoms with Crippen LogP contribution in [0.25, 0.3) is 0 Å². The Labute approximate surface area is 123 Å². The van der Waals surface area contributed by atoms with Crippen LogP contribution in [0.2, 0.25) is 0 Å². The summed E-state index contributed by atoms with van der Waals surface area (Å²) in [6, 6.07) is 11.6. The molecule has 0 heterocycles. The van der Waals surface area contributed by atoms with E-state index in [0.29, 0.717) is 21.3 Å². The van der Waals surface area contributed by atoms with E-state index in [9.17, 15) is 10.1 Å². The normalized spacial score (nSPS) is 9.85. The van der Waals surface area contributed by atoms with Crippen LogP contribution in [-0.4, -0.2) is 4.92 Å². The van der Waals surface area contributed by atoms with Gasteiger partial charge in [0.25, 0.3) is 0 Å². The average Bonchev–Trinajstić information content (AvgIpc) is 2.41. The standard InChI is InChI=1S/C14H9BrN2O3/c1-9-5-11(15)7-13(17(18)19)14(9)20-12-4-2-3-10(6-12)8-16/h2-7H,1H3. The summed E-state index contributed by atoms with van der Waals surface area (Å²) in [5.74, 6) is 0.561. The number of hydrogen-bond acceptors (Lipinski definition) is 4.